The molecule has 1 aromatic carbocycles. The third-order valence-electron chi connectivity index (χ3n) is 4.64. The van der Waals surface area contributed by atoms with Crippen LogP contribution in [0.5, 0.6) is 11.5 Å². The van der Waals surface area contributed by atoms with Crippen molar-refractivity contribution in [2.75, 3.05) is 26.0 Å². The molecule has 0 aromatic heterocycles. The van der Waals surface area contributed by atoms with Gasteiger partial charge in [-0.2, -0.15) is 4.31 Å². The number of nitrogens with one attached hydrogen (secondary N) is 1. The number of nitrogens with two attached hydrogens (primary N) is 1. The lowest BCUT2D eigenvalue weighted by Crippen LogP contribution is -2.52. The number of carbonyl (C=O) groups is 2. The van der Waals surface area contributed by atoms with Crippen molar-refractivity contribution in [3.05, 3.63) is 23.8 Å². The van der Waals surface area contributed by atoms with E-state index in [1.807, 2.05) is 0 Å². The number of nitrogens with zero attached hydrogens (tertiary/aromatic N) is 1. The molecule has 0 saturated carbocycles. The number of primary amides is 1. The number of piperidine rings is 1. The Bertz CT molecular complexity index is 827. The number of methoxy groups -OCH3 is 1. The lowest BCUT2D eigenvalue weighted by Gasteiger charge is -2.33. The lowest BCUT2D eigenvalue weighted by atomic mass is 10.0. The molecule has 0 radical (unpaired) electrons. The van der Waals surface area contributed by atoms with Gasteiger partial charge in [0.05, 0.1) is 12.9 Å². The van der Waals surface area contributed by atoms with Crippen molar-refractivity contribution < 1.29 is 27.5 Å². The molecule has 1 heterocycles. The van der Waals surface area contributed by atoms with Crippen molar-refractivity contribution in [2.24, 2.45) is 5.73 Å². The van der Waals surface area contributed by atoms with Crippen LogP contribution in [0.15, 0.2) is 18.2 Å². The van der Waals surface area contributed by atoms with Crippen LogP contribution in [-0.4, -0.2) is 56.6 Å². The Balaban J connectivity index is 2.04. The Kier molecular flexibility index (Phi) is 8.27. The van der Waals surface area contributed by atoms with E-state index in [0.29, 0.717) is 30.9 Å². The van der Waals surface area contributed by atoms with Crippen LogP contribution in [0.1, 0.15) is 38.2 Å². The van der Waals surface area contributed by atoms with Gasteiger partial charge < -0.3 is 20.5 Å². The van der Waals surface area contributed by atoms with E-state index in [9.17, 15) is 18.0 Å². The molecule has 1 unspecified atom stereocenters. The van der Waals surface area contributed by atoms with Gasteiger partial charge in [-0.25, -0.2) is 8.42 Å². The second-order valence-electron chi connectivity index (χ2n) is 6.90. The number of sulfonamides is 1. The molecule has 1 aliphatic heterocycles. The van der Waals surface area contributed by atoms with Gasteiger partial charge in [0.15, 0.2) is 18.1 Å². The highest BCUT2D eigenvalue weighted by Crippen LogP contribution is 2.28. The molecule has 2 rings (SSSR count). The Hall–Kier alpha value is -2.33. The molecule has 162 valence electrons. The van der Waals surface area contributed by atoms with Crippen LogP contribution in [0, 0.1) is 0 Å². The molecule has 0 spiro atoms. The Morgan fingerprint density at radius 1 is 1.28 bits per heavy atom. The van der Waals surface area contributed by atoms with Gasteiger partial charge in [-0.05, 0) is 37.0 Å². The molecule has 1 saturated heterocycles. The van der Waals surface area contributed by atoms with Crippen LogP contribution in [0.3, 0.4) is 0 Å². The Morgan fingerprint density at radius 3 is 2.69 bits per heavy atom. The second kappa shape index (κ2) is 10.4. The topological polar surface area (TPSA) is 128 Å². The van der Waals surface area contributed by atoms with Crippen molar-refractivity contribution >= 4 is 21.8 Å². The minimum atomic E-state index is -3.44. The number of carbonyl (C=O) groups excluding carboxylic acids is 2. The third-order valence-corrected chi connectivity index (χ3v) is 6.72. The van der Waals surface area contributed by atoms with Crippen molar-refractivity contribution in [3.63, 3.8) is 0 Å². The van der Waals surface area contributed by atoms with Crippen LogP contribution in [0.25, 0.3) is 0 Å². The number of rotatable bonds is 10. The molecule has 1 atom stereocenters. The summed E-state index contributed by atoms with van der Waals surface area (Å²) in [5, 5.41) is 2.82. The molecule has 9 nitrogen and oxygen atoms in total. The molecular formula is C19H29N3O6S. The smallest absolute Gasteiger partial charge is 0.255 e. The van der Waals surface area contributed by atoms with Gasteiger partial charge in [0, 0.05) is 13.1 Å². The van der Waals surface area contributed by atoms with E-state index in [-0.39, 0.29) is 24.8 Å². The number of benzene rings is 1. The Labute approximate surface area is 171 Å². The standard InChI is InChI=1S/C19H29N3O6S/c1-3-10-29(25,26)22-9-5-4-6-15(22)19(24)21-12-14-7-8-16(17(11-14)27-2)28-13-18(20)23/h7-8,11,15H,3-6,9-10,12-13H2,1-2H3,(H2,20,23)(H,21,24). The second-order valence-corrected chi connectivity index (χ2v) is 8.94. The van der Waals surface area contributed by atoms with Gasteiger partial charge in [-0.1, -0.05) is 19.4 Å². The van der Waals surface area contributed by atoms with Gasteiger partial charge in [-0.3, -0.25) is 9.59 Å². The fourth-order valence-electron chi connectivity index (χ4n) is 3.27. The maximum atomic E-state index is 12.7. The van der Waals surface area contributed by atoms with E-state index in [1.54, 1.807) is 25.1 Å². The number of amides is 2. The van der Waals surface area contributed by atoms with Gasteiger partial charge in [-0.15, -0.1) is 0 Å². The molecule has 3 N–H and O–H groups in total. The van der Waals surface area contributed by atoms with Crippen LogP contribution in [-0.2, 0) is 26.2 Å². The highest BCUT2D eigenvalue weighted by Gasteiger charge is 2.35. The highest BCUT2D eigenvalue weighted by molar-refractivity contribution is 7.89. The van der Waals surface area contributed by atoms with E-state index >= 15 is 0 Å². The first-order valence-corrected chi connectivity index (χ1v) is 11.2. The van der Waals surface area contributed by atoms with Crippen molar-refractivity contribution in [1.82, 2.24) is 9.62 Å². The summed E-state index contributed by atoms with van der Waals surface area (Å²) in [7, 11) is -1.98. The van der Waals surface area contributed by atoms with Crippen LogP contribution in [0.4, 0.5) is 0 Å². The average Bonchev–Trinajstić information content (AvgIpc) is 2.70. The predicted octanol–water partition coefficient (Wildman–Crippen LogP) is 0.770. The average molecular weight is 428 g/mol. The number of hydrogen-bond acceptors (Lipinski definition) is 6. The van der Waals surface area contributed by atoms with E-state index in [0.717, 1.165) is 18.4 Å². The zero-order valence-electron chi connectivity index (χ0n) is 16.8. The van der Waals surface area contributed by atoms with E-state index < -0.39 is 22.0 Å². The molecule has 10 heteroatoms. The number of ether oxygens (including phenoxy) is 2. The highest BCUT2D eigenvalue weighted by atomic mass is 32.2. The summed E-state index contributed by atoms with van der Waals surface area (Å²) in [6, 6.07) is 4.36. The minimum absolute atomic E-state index is 0.0424. The summed E-state index contributed by atoms with van der Waals surface area (Å²) in [6.07, 6.45) is 2.60. The maximum Gasteiger partial charge on any atom is 0.255 e. The SMILES string of the molecule is CCCS(=O)(=O)N1CCCCC1C(=O)NCc1ccc(OCC(N)=O)c(OC)c1. The fraction of sp³-hybridized carbons (Fsp3) is 0.579. The largest absolute Gasteiger partial charge is 0.493 e. The fourth-order valence-corrected chi connectivity index (χ4v) is 5.02. The summed E-state index contributed by atoms with van der Waals surface area (Å²) < 4.78 is 36.9. The number of hydrogen-bond donors (Lipinski definition) is 2. The van der Waals surface area contributed by atoms with E-state index in [4.69, 9.17) is 15.2 Å². The zero-order valence-corrected chi connectivity index (χ0v) is 17.7. The van der Waals surface area contributed by atoms with Gasteiger partial charge >= 0.3 is 0 Å². The molecular weight excluding hydrogens is 398 g/mol. The molecule has 1 fully saturated rings. The van der Waals surface area contributed by atoms with Crippen LogP contribution in [0.2, 0.25) is 0 Å². The summed E-state index contributed by atoms with van der Waals surface area (Å²) >= 11 is 0. The summed E-state index contributed by atoms with van der Waals surface area (Å²) in [4.78, 5) is 23.6. The molecule has 1 aromatic rings. The molecule has 0 aliphatic carbocycles. The zero-order chi connectivity index (χ0) is 21.4. The predicted molar refractivity (Wildman–Crippen MR) is 108 cm³/mol. The first-order valence-electron chi connectivity index (χ1n) is 9.63. The Morgan fingerprint density at radius 2 is 2.03 bits per heavy atom. The van der Waals surface area contributed by atoms with E-state index in [1.165, 1.54) is 11.4 Å². The van der Waals surface area contributed by atoms with Crippen LogP contribution < -0.4 is 20.5 Å². The van der Waals surface area contributed by atoms with Crippen molar-refractivity contribution in [1.29, 1.82) is 0 Å². The molecule has 0 bridgehead atoms. The first-order chi connectivity index (χ1) is 13.8. The van der Waals surface area contributed by atoms with Gasteiger partial charge in [0.25, 0.3) is 5.91 Å². The molecule has 2 amide bonds. The maximum absolute atomic E-state index is 12.7. The lowest BCUT2D eigenvalue weighted by molar-refractivity contribution is -0.126. The van der Waals surface area contributed by atoms with E-state index in [2.05, 4.69) is 5.32 Å². The molecule has 1 aliphatic rings. The van der Waals surface area contributed by atoms with Gasteiger partial charge in [0.1, 0.15) is 6.04 Å². The quantitative estimate of drug-likeness (QED) is 0.568. The molecule has 29 heavy (non-hydrogen) atoms. The van der Waals surface area contributed by atoms with Crippen molar-refractivity contribution in [2.45, 2.75) is 45.2 Å². The van der Waals surface area contributed by atoms with Gasteiger partial charge in [0.2, 0.25) is 15.9 Å². The monoisotopic (exact) mass is 427 g/mol. The summed E-state index contributed by atoms with van der Waals surface area (Å²) in [6.45, 7) is 2.13. The van der Waals surface area contributed by atoms with Crippen molar-refractivity contribution in [3.8, 4) is 11.5 Å². The van der Waals surface area contributed by atoms with Crippen LogP contribution >= 0.6 is 0 Å². The minimum Gasteiger partial charge on any atom is -0.493 e. The first kappa shape index (κ1) is 23.0. The summed E-state index contributed by atoms with van der Waals surface area (Å²) in [5.41, 5.74) is 5.83. The summed E-state index contributed by atoms with van der Waals surface area (Å²) in [5.74, 6) is -0.0926. The third kappa shape index (κ3) is 6.33. The normalized spacial score (nSPS) is 17.5.